The second-order valence-corrected chi connectivity index (χ2v) is 7.54. The molecule has 1 aromatic carbocycles. The average molecular weight is 288 g/mol. The maximum Gasteiger partial charge on any atom is 0.120 e. The average Bonchev–Trinajstić information content (AvgIpc) is 2.47. The SMILES string of the molecule is CCC(C)c1ccc(OC(C)(C)C2CCC(C)CC2)cc1. The van der Waals surface area contributed by atoms with Gasteiger partial charge in [-0.25, -0.2) is 0 Å². The molecule has 2 rings (SSSR count). The van der Waals surface area contributed by atoms with E-state index in [9.17, 15) is 0 Å². The third-order valence-corrected chi connectivity index (χ3v) is 5.44. The van der Waals surface area contributed by atoms with Crippen molar-refractivity contribution in [1.29, 1.82) is 0 Å². The molecular formula is C20H32O. The van der Waals surface area contributed by atoms with Crippen molar-refractivity contribution < 1.29 is 4.74 Å². The van der Waals surface area contributed by atoms with Crippen LogP contribution >= 0.6 is 0 Å². The van der Waals surface area contributed by atoms with Gasteiger partial charge in [0, 0.05) is 0 Å². The molecule has 1 aromatic rings. The molecule has 0 N–H and O–H groups in total. The lowest BCUT2D eigenvalue weighted by molar-refractivity contribution is 0.0188. The Bertz CT molecular complexity index is 424. The molecule has 0 amide bonds. The molecule has 0 radical (unpaired) electrons. The van der Waals surface area contributed by atoms with Crippen molar-refractivity contribution in [2.75, 3.05) is 0 Å². The Balaban J connectivity index is 1.99. The first-order chi connectivity index (χ1) is 9.92. The van der Waals surface area contributed by atoms with Gasteiger partial charge in [0.05, 0.1) is 0 Å². The smallest absolute Gasteiger partial charge is 0.120 e. The highest BCUT2D eigenvalue weighted by Gasteiger charge is 2.34. The van der Waals surface area contributed by atoms with Crippen molar-refractivity contribution >= 4 is 0 Å². The maximum atomic E-state index is 6.34. The lowest BCUT2D eigenvalue weighted by Crippen LogP contribution is -2.39. The van der Waals surface area contributed by atoms with E-state index >= 15 is 0 Å². The minimum atomic E-state index is -0.0575. The summed E-state index contributed by atoms with van der Waals surface area (Å²) in [6.45, 7) is 11.4. The second-order valence-electron chi connectivity index (χ2n) is 7.54. The second kappa shape index (κ2) is 6.85. The first kappa shape index (κ1) is 16.4. The Morgan fingerprint density at radius 3 is 2.19 bits per heavy atom. The van der Waals surface area contributed by atoms with Crippen molar-refractivity contribution in [3.63, 3.8) is 0 Å². The summed E-state index contributed by atoms with van der Waals surface area (Å²) in [4.78, 5) is 0. The van der Waals surface area contributed by atoms with Crippen molar-refractivity contribution in [3.05, 3.63) is 29.8 Å². The molecule has 1 fully saturated rings. The molecule has 0 heterocycles. The summed E-state index contributed by atoms with van der Waals surface area (Å²) >= 11 is 0. The zero-order chi connectivity index (χ0) is 15.5. The summed E-state index contributed by atoms with van der Waals surface area (Å²) < 4.78 is 6.34. The van der Waals surface area contributed by atoms with Gasteiger partial charge in [-0.3, -0.25) is 0 Å². The van der Waals surface area contributed by atoms with Gasteiger partial charge in [0.25, 0.3) is 0 Å². The zero-order valence-corrected chi connectivity index (χ0v) is 14.5. The lowest BCUT2D eigenvalue weighted by Gasteiger charge is -2.38. The van der Waals surface area contributed by atoms with E-state index in [-0.39, 0.29) is 5.60 Å². The van der Waals surface area contributed by atoms with Gasteiger partial charge in [0.1, 0.15) is 11.4 Å². The van der Waals surface area contributed by atoms with Crippen LogP contribution in [-0.2, 0) is 0 Å². The van der Waals surface area contributed by atoms with E-state index in [1.54, 1.807) is 0 Å². The number of hydrogen-bond donors (Lipinski definition) is 0. The van der Waals surface area contributed by atoms with Crippen molar-refractivity contribution in [2.45, 2.75) is 78.2 Å². The van der Waals surface area contributed by atoms with Crippen LogP contribution in [0.15, 0.2) is 24.3 Å². The highest BCUT2D eigenvalue weighted by Crippen LogP contribution is 2.37. The molecule has 1 saturated carbocycles. The molecule has 0 saturated heterocycles. The molecule has 21 heavy (non-hydrogen) atoms. The fraction of sp³-hybridized carbons (Fsp3) is 0.700. The van der Waals surface area contributed by atoms with Crippen LogP contribution in [0.5, 0.6) is 5.75 Å². The summed E-state index contributed by atoms with van der Waals surface area (Å²) in [5.41, 5.74) is 1.35. The Morgan fingerprint density at radius 2 is 1.67 bits per heavy atom. The van der Waals surface area contributed by atoms with Crippen LogP contribution in [-0.4, -0.2) is 5.60 Å². The molecule has 0 bridgehead atoms. The van der Waals surface area contributed by atoms with Crippen LogP contribution in [0.3, 0.4) is 0 Å². The van der Waals surface area contributed by atoms with Gasteiger partial charge in [0.2, 0.25) is 0 Å². The van der Waals surface area contributed by atoms with Crippen molar-refractivity contribution in [2.24, 2.45) is 11.8 Å². The molecule has 0 aliphatic heterocycles. The van der Waals surface area contributed by atoms with Gasteiger partial charge >= 0.3 is 0 Å². The Morgan fingerprint density at radius 1 is 1.10 bits per heavy atom. The minimum absolute atomic E-state index is 0.0575. The van der Waals surface area contributed by atoms with Crippen LogP contribution < -0.4 is 4.74 Å². The zero-order valence-electron chi connectivity index (χ0n) is 14.5. The summed E-state index contributed by atoms with van der Waals surface area (Å²) in [6, 6.07) is 8.74. The molecule has 118 valence electrons. The summed E-state index contributed by atoms with van der Waals surface area (Å²) in [5, 5.41) is 0. The third-order valence-electron chi connectivity index (χ3n) is 5.44. The Kier molecular flexibility index (Phi) is 5.35. The molecule has 1 aliphatic carbocycles. The molecule has 1 aliphatic rings. The molecule has 1 heteroatoms. The summed E-state index contributed by atoms with van der Waals surface area (Å²) in [5.74, 6) is 3.23. The van der Waals surface area contributed by atoms with E-state index in [2.05, 4.69) is 58.9 Å². The van der Waals surface area contributed by atoms with Gasteiger partial charge < -0.3 is 4.74 Å². The van der Waals surface area contributed by atoms with Gasteiger partial charge in [-0.2, -0.15) is 0 Å². The normalized spacial score (nSPS) is 24.6. The predicted octanol–water partition coefficient (Wildman–Crippen LogP) is 6.18. The van der Waals surface area contributed by atoms with Gasteiger partial charge in [0.15, 0.2) is 0 Å². The van der Waals surface area contributed by atoms with Gasteiger partial charge in [-0.1, -0.05) is 45.7 Å². The monoisotopic (exact) mass is 288 g/mol. The third kappa shape index (κ3) is 4.25. The largest absolute Gasteiger partial charge is 0.488 e. The van der Waals surface area contributed by atoms with Crippen LogP contribution in [0.1, 0.15) is 78.2 Å². The fourth-order valence-corrected chi connectivity index (χ4v) is 3.44. The van der Waals surface area contributed by atoms with Crippen LogP contribution in [0, 0.1) is 11.8 Å². The van der Waals surface area contributed by atoms with Crippen molar-refractivity contribution in [3.8, 4) is 5.75 Å². The van der Waals surface area contributed by atoms with E-state index in [1.807, 2.05) is 0 Å². The highest BCUT2D eigenvalue weighted by atomic mass is 16.5. The number of ether oxygens (including phenoxy) is 1. The highest BCUT2D eigenvalue weighted by molar-refractivity contribution is 5.29. The van der Waals surface area contributed by atoms with E-state index in [0.29, 0.717) is 11.8 Å². The fourth-order valence-electron chi connectivity index (χ4n) is 3.44. The van der Waals surface area contributed by atoms with Crippen LogP contribution in [0.2, 0.25) is 0 Å². The van der Waals surface area contributed by atoms with Crippen molar-refractivity contribution in [1.82, 2.24) is 0 Å². The summed E-state index contributed by atoms with van der Waals surface area (Å²) in [7, 11) is 0. The molecule has 0 spiro atoms. The molecule has 1 unspecified atom stereocenters. The number of rotatable bonds is 5. The van der Waals surface area contributed by atoms with Crippen LogP contribution in [0.4, 0.5) is 0 Å². The van der Waals surface area contributed by atoms with Gasteiger partial charge in [-0.05, 0) is 68.6 Å². The van der Waals surface area contributed by atoms with E-state index in [0.717, 1.165) is 11.7 Å². The van der Waals surface area contributed by atoms with Gasteiger partial charge in [-0.15, -0.1) is 0 Å². The molecular weight excluding hydrogens is 256 g/mol. The quantitative estimate of drug-likeness (QED) is 0.628. The minimum Gasteiger partial charge on any atom is -0.488 e. The van der Waals surface area contributed by atoms with E-state index in [4.69, 9.17) is 4.74 Å². The first-order valence-electron chi connectivity index (χ1n) is 8.71. The van der Waals surface area contributed by atoms with E-state index in [1.165, 1.54) is 37.7 Å². The molecule has 0 aromatic heterocycles. The topological polar surface area (TPSA) is 9.23 Å². The number of hydrogen-bond acceptors (Lipinski definition) is 1. The standard InChI is InChI=1S/C20H32O/c1-6-16(3)17-9-13-19(14-10-17)21-20(4,5)18-11-7-15(2)8-12-18/h9-10,13-16,18H,6-8,11-12H2,1-5H3. The summed E-state index contributed by atoms with van der Waals surface area (Å²) in [6.07, 6.45) is 6.50. The Labute approximate surface area is 131 Å². The van der Waals surface area contributed by atoms with E-state index < -0.39 is 0 Å². The number of benzene rings is 1. The lowest BCUT2D eigenvalue weighted by atomic mass is 9.75. The Hall–Kier alpha value is -0.980. The predicted molar refractivity (Wildman–Crippen MR) is 91.0 cm³/mol. The molecule has 1 nitrogen and oxygen atoms in total. The first-order valence-corrected chi connectivity index (χ1v) is 8.71. The van der Waals surface area contributed by atoms with Crippen LogP contribution in [0.25, 0.3) is 0 Å². The molecule has 1 atom stereocenters. The maximum absolute atomic E-state index is 6.34.